The molecule has 2 N–H and O–H groups in total. The molecule has 0 aliphatic carbocycles. The van der Waals surface area contributed by atoms with E-state index in [0.29, 0.717) is 19.5 Å². The fourth-order valence-electron chi connectivity index (χ4n) is 2.70. The van der Waals surface area contributed by atoms with Gasteiger partial charge in [0.1, 0.15) is 0 Å². The van der Waals surface area contributed by atoms with E-state index in [1.807, 2.05) is 20.8 Å². The Balaban J connectivity index is 1.93. The van der Waals surface area contributed by atoms with Crippen LogP contribution in [0.2, 0.25) is 0 Å². The van der Waals surface area contributed by atoms with Crippen LogP contribution in [0.5, 0.6) is 0 Å². The third-order valence-corrected chi connectivity index (χ3v) is 4.77. The molecule has 0 radical (unpaired) electrons. The van der Waals surface area contributed by atoms with Crippen LogP contribution in [0.1, 0.15) is 28.9 Å². The summed E-state index contributed by atoms with van der Waals surface area (Å²) in [5.74, 6) is -1.09. The molecule has 2 atom stereocenters. The first-order valence-corrected chi connectivity index (χ1v) is 7.87. The third-order valence-electron chi connectivity index (χ3n) is 3.70. The van der Waals surface area contributed by atoms with Gasteiger partial charge in [-0.15, -0.1) is 11.3 Å². The van der Waals surface area contributed by atoms with Crippen molar-refractivity contribution in [2.45, 2.75) is 33.7 Å². The van der Waals surface area contributed by atoms with E-state index in [2.05, 4.69) is 10.3 Å². The van der Waals surface area contributed by atoms with Crippen LogP contribution >= 0.6 is 11.3 Å². The summed E-state index contributed by atoms with van der Waals surface area (Å²) < 4.78 is 0. The molecular formula is C14H21N3O3S. The van der Waals surface area contributed by atoms with Crippen LogP contribution in [0.4, 0.5) is 4.79 Å². The van der Waals surface area contributed by atoms with Crippen molar-refractivity contribution in [2.75, 3.05) is 13.1 Å². The van der Waals surface area contributed by atoms with Crippen molar-refractivity contribution in [1.82, 2.24) is 15.2 Å². The second kappa shape index (κ2) is 6.43. The molecule has 1 saturated heterocycles. The topological polar surface area (TPSA) is 82.5 Å². The van der Waals surface area contributed by atoms with Gasteiger partial charge in [-0.25, -0.2) is 9.78 Å². The quantitative estimate of drug-likeness (QED) is 0.894. The lowest BCUT2D eigenvalue weighted by molar-refractivity contribution is -0.143. The standard InChI is InChI=1S/C14H21N3O3S/c1-8-4-11(13(18)19)7-17(6-8)14(20)15-5-12-9(2)16-10(3)21-12/h8,11H,4-7H2,1-3H3,(H,15,20)(H,18,19). The number of aliphatic carboxylic acids is 1. The summed E-state index contributed by atoms with van der Waals surface area (Å²) in [6.45, 7) is 7.18. The molecule has 1 aromatic rings. The van der Waals surface area contributed by atoms with Gasteiger partial charge in [-0.2, -0.15) is 0 Å². The number of aromatic nitrogens is 1. The Bertz CT molecular complexity index is 544. The van der Waals surface area contributed by atoms with Crippen LogP contribution in [0, 0.1) is 25.7 Å². The minimum atomic E-state index is -0.826. The van der Waals surface area contributed by atoms with Crippen molar-refractivity contribution in [3.05, 3.63) is 15.6 Å². The summed E-state index contributed by atoms with van der Waals surface area (Å²) >= 11 is 1.57. The highest BCUT2D eigenvalue weighted by molar-refractivity contribution is 7.11. The van der Waals surface area contributed by atoms with E-state index < -0.39 is 11.9 Å². The predicted octanol–water partition coefficient (Wildman–Crippen LogP) is 2.01. The number of aryl methyl sites for hydroxylation is 2. The lowest BCUT2D eigenvalue weighted by Crippen LogP contribution is -2.49. The number of hydrogen-bond donors (Lipinski definition) is 2. The zero-order valence-corrected chi connectivity index (χ0v) is 13.4. The smallest absolute Gasteiger partial charge is 0.317 e. The van der Waals surface area contributed by atoms with Gasteiger partial charge in [-0.05, 0) is 26.2 Å². The molecule has 1 fully saturated rings. The van der Waals surface area contributed by atoms with Gasteiger partial charge in [-0.3, -0.25) is 4.79 Å². The number of thiazole rings is 1. The second-order valence-corrected chi connectivity index (χ2v) is 6.97. The number of urea groups is 1. The van der Waals surface area contributed by atoms with E-state index in [4.69, 9.17) is 5.11 Å². The molecule has 7 heteroatoms. The van der Waals surface area contributed by atoms with Crippen molar-refractivity contribution in [1.29, 1.82) is 0 Å². The summed E-state index contributed by atoms with van der Waals surface area (Å²) in [6, 6.07) is -0.196. The molecule has 2 rings (SSSR count). The van der Waals surface area contributed by atoms with Gasteiger partial charge >= 0.3 is 12.0 Å². The summed E-state index contributed by atoms with van der Waals surface area (Å²) in [5.41, 5.74) is 0.938. The molecule has 0 saturated carbocycles. The maximum Gasteiger partial charge on any atom is 0.317 e. The van der Waals surface area contributed by atoms with Crippen LogP contribution < -0.4 is 5.32 Å². The Morgan fingerprint density at radius 2 is 2.14 bits per heavy atom. The number of nitrogens with one attached hydrogen (secondary N) is 1. The molecule has 6 nitrogen and oxygen atoms in total. The minimum Gasteiger partial charge on any atom is -0.481 e. The number of nitrogens with zero attached hydrogens (tertiary/aromatic N) is 2. The number of hydrogen-bond acceptors (Lipinski definition) is 4. The Labute approximate surface area is 128 Å². The second-order valence-electron chi connectivity index (χ2n) is 5.68. The molecule has 2 amide bonds. The molecular weight excluding hydrogens is 290 g/mol. The van der Waals surface area contributed by atoms with Crippen molar-refractivity contribution >= 4 is 23.3 Å². The normalized spacial score (nSPS) is 22.1. The van der Waals surface area contributed by atoms with E-state index in [9.17, 15) is 9.59 Å². The number of carbonyl (C=O) groups is 2. The SMILES string of the molecule is Cc1nc(C)c(CNC(=O)N2CC(C)CC(C(=O)O)C2)s1. The third kappa shape index (κ3) is 3.93. The highest BCUT2D eigenvalue weighted by Crippen LogP contribution is 2.22. The van der Waals surface area contributed by atoms with Gasteiger partial charge in [0.2, 0.25) is 0 Å². The van der Waals surface area contributed by atoms with Gasteiger partial charge in [-0.1, -0.05) is 6.92 Å². The zero-order chi connectivity index (χ0) is 15.6. The van der Waals surface area contributed by atoms with E-state index in [1.54, 1.807) is 16.2 Å². The lowest BCUT2D eigenvalue weighted by atomic mass is 9.91. The van der Waals surface area contributed by atoms with E-state index in [-0.39, 0.29) is 18.5 Å². The Hall–Kier alpha value is -1.63. The molecule has 2 heterocycles. The average molecular weight is 311 g/mol. The summed E-state index contributed by atoms with van der Waals surface area (Å²) in [7, 11) is 0. The van der Waals surface area contributed by atoms with Gasteiger partial charge in [0.05, 0.1) is 23.2 Å². The number of carboxylic acids is 1. The van der Waals surface area contributed by atoms with Gasteiger partial charge in [0.15, 0.2) is 0 Å². The molecule has 21 heavy (non-hydrogen) atoms. The summed E-state index contributed by atoms with van der Waals surface area (Å²) in [4.78, 5) is 30.3. The number of piperidine rings is 1. The van der Waals surface area contributed by atoms with Crippen molar-refractivity contribution in [2.24, 2.45) is 11.8 Å². The fraction of sp³-hybridized carbons (Fsp3) is 0.643. The van der Waals surface area contributed by atoms with Crippen LogP contribution in [0.15, 0.2) is 0 Å². The van der Waals surface area contributed by atoms with Crippen molar-refractivity contribution in [3.8, 4) is 0 Å². The fourth-order valence-corrected chi connectivity index (χ4v) is 3.58. The Morgan fingerprint density at radius 3 is 2.71 bits per heavy atom. The maximum absolute atomic E-state index is 12.2. The maximum atomic E-state index is 12.2. The average Bonchev–Trinajstić information content (AvgIpc) is 2.73. The van der Waals surface area contributed by atoms with E-state index >= 15 is 0 Å². The molecule has 1 aromatic heterocycles. The minimum absolute atomic E-state index is 0.196. The molecule has 0 bridgehead atoms. The van der Waals surface area contributed by atoms with Gasteiger partial charge in [0, 0.05) is 18.0 Å². The predicted molar refractivity (Wildman–Crippen MR) is 80.3 cm³/mol. The molecule has 0 spiro atoms. The molecule has 0 aromatic carbocycles. The molecule has 1 aliphatic heterocycles. The van der Waals surface area contributed by atoms with E-state index in [1.165, 1.54) is 0 Å². The number of carbonyl (C=O) groups excluding carboxylic acids is 1. The van der Waals surface area contributed by atoms with Crippen molar-refractivity contribution < 1.29 is 14.7 Å². The monoisotopic (exact) mass is 311 g/mol. The summed E-state index contributed by atoms with van der Waals surface area (Å²) in [6.07, 6.45) is 0.631. The number of amides is 2. The summed E-state index contributed by atoms with van der Waals surface area (Å²) in [5, 5.41) is 13.0. The molecule has 1 aliphatic rings. The Kier molecular flexibility index (Phi) is 4.82. The first-order chi connectivity index (χ1) is 9.86. The van der Waals surface area contributed by atoms with Crippen LogP contribution in [-0.2, 0) is 11.3 Å². The highest BCUT2D eigenvalue weighted by Gasteiger charge is 2.31. The van der Waals surface area contributed by atoms with Crippen LogP contribution in [0.3, 0.4) is 0 Å². The van der Waals surface area contributed by atoms with Crippen LogP contribution in [-0.4, -0.2) is 40.1 Å². The number of rotatable bonds is 3. The molecule has 2 unspecified atom stereocenters. The first kappa shape index (κ1) is 15.8. The molecule has 116 valence electrons. The number of likely N-dealkylation sites (tertiary alicyclic amines) is 1. The first-order valence-electron chi connectivity index (χ1n) is 7.05. The Morgan fingerprint density at radius 1 is 1.43 bits per heavy atom. The zero-order valence-electron chi connectivity index (χ0n) is 12.5. The van der Waals surface area contributed by atoms with Gasteiger partial charge < -0.3 is 15.3 Å². The lowest BCUT2D eigenvalue weighted by Gasteiger charge is -2.34. The van der Waals surface area contributed by atoms with E-state index in [0.717, 1.165) is 15.6 Å². The van der Waals surface area contributed by atoms with Gasteiger partial charge in [0.25, 0.3) is 0 Å². The van der Waals surface area contributed by atoms with Crippen LogP contribution in [0.25, 0.3) is 0 Å². The highest BCUT2D eigenvalue weighted by atomic mass is 32.1. The van der Waals surface area contributed by atoms with Crippen molar-refractivity contribution in [3.63, 3.8) is 0 Å². The number of carboxylic acid groups (broad SMARTS) is 1. The largest absolute Gasteiger partial charge is 0.481 e.